The van der Waals surface area contributed by atoms with Gasteiger partial charge < -0.3 is 14.6 Å². The van der Waals surface area contributed by atoms with Gasteiger partial charge in [-0.15, -0.1) is 0 Å². The summed E-state index contributed by atoms with van der Waals surface area (Å²) in [6.45, 7) is 0. The Morgan fingerprint density at radius 3 is 2.50 bits per heavy atom. The normalized spacial score (nSPS) is 15.3. The molecule has 3 rings (SSSR count). The lowest BCUT2D eigenvalue weighted by molar-refractivity contribution is -0.122. The molecule has 1 aliphatic heterocycles. The Bertz CT molecular complexity index is 1080. The Morgan fingerprint density at radius 1 is 1.20 bits per heavy atom. The molecule has 0 aliphatic carbocycles. The molecule has 0 spiro atoms. The summed E-state index contributed by atoms with van der Waals surface area (Å²) >= 11 is 9.66. The third-order valence-corrected chi connectivity index (χ3v) is 5.86. The Morgan fingerprint density at radius 2 is 1.90 bits per heavy atom. The van der Waals surface area contributed by atoms with Crippen molar-refractivity contribution in [1.29, 1.82) is 0 Å². The summed E-state index contributed by atoms with van der Waals surface area (Å²) in [6, 6.07) is 10.5. The second kappa shape index (κ2) is 9.41. The third-order valence-electron chi connectivity index (χ3n) is 4.04. The van der Waals surface area contributed by atoms with Crippen molar-refractivity contribution in [2.45, 2.75) is 0 Å². The van der Waals surface area contributed by atoms with Gasteiger partial charge in [-0.05, 0) is 47.6 Å². The Labute approximate surface area is 190 Å². The number of carbonyl (C=O) groups excluding carboxylic acids is 1. The van der Waals surface area contributed by atoms with Crippen molar-refractivity contribution >= 4 is 68.4 Å². The van der Waals surface area contributed by atoms with Crippen LogP contribution in [0.5, 0.6) is 11.5 Å². The molecule has 1 fully saturated rings. The number of hydrogen-bond acceptors (Lipinski definition) is 7. The number of thioether (sulfide) groups is 1. The molecule has 0 radical (unpaired) electrons. The van der Waals surface area contributed by atoms with Crippen LogP contribution in [0.15, 0.2) is 50.9 Å². The Hall–Kier alpha value is -2.69. The van der Waals surface area contributed by atoms with Crippen LogP contribution in [0.25, 0.3) is 6.08 Å². The topological polar surface area (TPSA) is 88.4 Å². The summed E-state index contributed by atoms with van der Waals surface area (Å²) in [5.41, 5.74) is 0.974. The Balaban J connectivity index is 1.94. The first-order valence-electron chi connectivity index (χ1n) is 8.41. The zero-order valence-corrected chi connectivity index (χ0v) is 19.0. The molecule has 1 amide bonds. The molecule has 7 nitrogen and oxygen atoms in total. The predicted octanol–water partition coefficient (Wildman–Crippen LogP) is 4.40. The summed E-state index contributed by atoms with van der Waals surface area (Å²) < 4.78 is 11.5. The van der Waals surface area contributed by atoms with Gasteiger partial charge >= 0.3 is 5.97 Å². The number of nitrogens with zero attached hydrogens (tertiary/aromatic N) is 2. The molecule has 10 heteroatoms. The molecule has 0 saturated carbocycles. The lowest BCUT2D eigenvalue weighted by atomic mass is 10.0. The van der Waals surface area contributed by atoms with E-state index in [9.17, 15) is 14.7 Å². The summed E-state index contributed by atoms with van der Waals surface area (Å²) in [6.07, 6.45) is 2.99. The van der Waals surface area contributed by atoms with Gasteiger partial charge in [0, 0.05) is 4.47 Å². The van der Waals surface area contributed by atoms with E-state index in [1.54, 1.807) is 12.1 Å². The summed E-state index contributed by atoms with van der Waals surface area (Å²) in [4.78, 5) is 24.8. The first kappa shape index (κ1) is 22.0. The number of carboxylic acids is 1. The average Bonchev–Trinajstić information content (AvgIpc) is 2.99. The number of aromatic carboxylic acids is 1. The van der Waals surface area contributed by atoms with Crippen LogP contribution in [0.2, 0.25) is 0 Å². The van der Waals surface area contributed by atoms with Gasteiger partial charge in [0.15, 0.2) is 15.8 Å². The van der Waals surface area contributed by atoms with Crippen LogP contribution < -0.4 is 9.47 Å². The van der Waals surface area contributed by atoms with Gasteiger partial charge in [-0.3, -0.25) is 4.79 Å². The van der Waals surface area contributed by atoms with Gasteiger partial charge in [-0.25, -0.2) is 4.79 Å². The lowest BCUT2D eigenvalue weighted by Crippen LogP contribution is -2.22. The largest absolute Gasteiger partial charge is 0.493 e. The number of hydrogen-bond donors (Lipinski definition) is 1. The minimum absolute atomic E-state index is 0.0717. The van der Waals surface area contributed by atoms with Crippen LogP contribution >= 0.6 is 39.9 Å². The fourth-order valence-electron chi connectivity index (χ4n) is 2.66. The molecule has 154 valence electrons. The number of ether oxygens (including phenoxy) is 2. The monoisotopic (exact) mass is 506 g/mol. The van der Waals surface area contributed by atoms with Crippen LogP contribution in [0.3, 0.4) is 0 Å². The summed E-state index contributed by atoms with van der Waals surface area (Å²) in [5.74, 6) is -1.30. The first-order valence-corrected chi connectivity index (χ1v) is 10.4. The maximum Gasteiger partial charge on any atom is 0.340 e. The van der Waals surface area contributed by atoms with Crippen LogP contribution in [-0.2, 0) is 4.79 Å². The quantitative estimate of drug-likeness (QED) is 0.352. The molecule has 1 heterocycles. The molecular formula is C20H15BrN2O5S2. The van der Waals surface area contributed by atoms with Crippen molar-refractivity contribution in [3.05, 3.63) is 62.5 Å². The van der Waals surface area contributed by atoms with Crippen LogP contribution in [0.1, 0.15) is 21.5 Å². The van der Waals surface area contributed by atoms with E-state index in [1.165, 1.54) is 26.5 Å². The van der Waals surface area contributed by atoms with Crippen molar-refractivity contribution in [1.82, 2.24) is 5.01 Å². The molecule has 1 N–H and O–H groups in total. The van der Waals surface area contributed by atoms with Crippen LogP contribution in [0.4, 0.5) is 0 Å². The first-order chi connectivity index (χ1) is 14.3. The van der Waals surface area contributed by atoms with E-state index >= 15 is 0 Å². The van der Waals surface area contributed by atoms with Gasteiger partial charge in [-0.1, -0.05) is 45.9 Å². The number of amides is 1. The van der Waals surface area contributed by atoms with Gasteiger partial charge in [0.2, 0.25) is 0 Å². The highest BCUT2D eigenvalue weighted by atomic mass is 79.9. The number of hydrazone groups is 1. The molecule has 1 saturated heterocycles. The number of methoxy groups -OCH3 is 2. The van der Waals surface area contributed by atoms with Crippen molar-refractivity contribution in [3.8, 4) is 11.5 Å². The van der Waals surface area contributed by atoms with E-state index in [4.69, 9.17) is 21.7 Å². The second-order valence-corrected chi connectivity index (χ2v) is 8.45. The predicted molar refractivity (Wildman–Crippen MR) is 123 cm³/mol. The summed E-state index contributed by atoms with van der Waals surface area (Å²) in [5, 5.41) is 14.9. The van der Waals surface area contributed by atoms with E-state index in [0.717, 1.165) is 26.8 Å². The average molecular weight is 507 g/mol. The molecule has 2 aromatic carbocycles. The Kier molecular flexibility index (Phi) is 6.91. The molecule has 30 heavy (non-hydrogen) atoms. The lowest BCUT2D eigenvalue weighted by Gasteiger charge is -2.12. The third kappa shape index (κ3) is 4.55. The van der Waals surface area contributed by atoms with Crippen LogP contribution in [-0.4, -0.2) is 46.7 Å². The standard InChI is InChI=1S/C20H15BrN2O5S2/c1-27-14-8-5-12(16(19(25)26)17(14)28-2)9-15-18(24)23(20(29)30-15)22-10-11-3-6-13(21)7-4-11/h3-10H,1-2H3,(H,25,26)/b15-9+,22-10+. The van der Waals surface area contributed by atoms with Crippen LogP contribution in [0, 0.1) is 0 Å². The minimum Gasteiger partial charge on any atom is -0.493 e. The number of carbonyl (C=O) groups is 2. The fraction of sp³-hybridized carbons (Fsp3) is 0.100. The molecule has 0 unspecified atom stereocenters. The van der Waals surface area contributed by atoms with Crippen molar-refractivity contribution < 1.29 is 24.2 Å². The molecule has 0 aromatic heterocycles. The zero-order valence-electron chi connectivity index (χ0n) is 15.8. The molecule has 1 aliphatic rings. The summed E-state index contributed by atoms with van der Waals surface area (Å²) in [7, 11) is 2.77. The fourth-order valence-corrected chi connectivity index (χ4v) is 4.08. The van der Waals surface area contributed by atoms with Gasteiger partial charge in [0.1, 0.15) is 5.56 Å². The van der Waals surface area contributed by atoms with E-state index < -0.39 is 11.9 Å². The number of benzene rings is 2. The van der Waals surface area contributed by atoms with E-state index in [1.807, 2.05) is 24.3 Å². The molecule has 0 bridgehead atoms. The van der Waals surface area contributed by atoms with Gasteiger partial charge in [0.05, 0.1) is 25.3 Å². The highest BCUT2D eigenvalue weighted by Gasteiger charge is 2.33. The number of halogens is 1. The van der Waals surface area contributed by atoms with Gasteiger partial charge in [0.25, 0.3) is 5.91 Å². The zero-order chi connectivity index (χ0) is 21.8. The van der Waals surface area contributed by atoms with E-state index in [2.05, 4.69) is 21.0 Å². The molecule has 2 aromatic rings. The van der Waals surface area contributed by atoms with Crippen molar-refractivity contribution in [3.63, 3.8) is 0 Å². The van der Waals surface area contributed by atoms with Crippen molar-refractivity contribution in [2.24, 2.45) is 5.10 Å². The second-order valence-electron chi connectivity index (χ2n) is 5.86. The number of rotatable bonds is 6. The maximum absolute atomic E-state index is 12.8. The molecular weight excluding hydrogens is 492 g/mol. The SMILES string of the molecule is COc1ccc(/C=C2/SC(=S)N(/N=C/c3ccc(Br)cc3)C2=O)c(C(=O)O)c1OC. The minimum atomic E-state index is -1.21. The van der Waals surface area contributed by atoms with E-state index in [0.29, 0.717) is 0 Å². The smallest absolute Gasteiger partial charge is 0.340 e. The van der Waals surface area contributed by atoms with Gasteiger partial charge in [-0.2, -0.15) is 10.1 Å². The molecule has 0 atom stereocenters. The maximum atomic E-state index is 12.8. The van der Waals surface area contributed by atoms with E-state index in [-0.39, 0.29) is 31.9 Å². The number of carboxylic acid groups (broad SMARTS) is 1. The number of thiocarbonyl (C=S) groups is 1. The van der Waals surface area contributed by atoms with Crippen molar-refractivity contribution in [2.75, 3.05) is 14.2 Å². The highest BCUT2D eigenvalue weighted by molar-refractivity contribution is 9.10. The highest BCUT2D eigenvalue weighted by Crippen LogP contribution is 2.37.